The highest BCUT2D eigenvalue weighted by Gasteiger charge is 2.03. The molecule has 0 atom stereocenters. The second kappa shape index (κ2) is 10.5. The first kappa shape index (κ1) is 16.8. The fourth-order valence-electron chi connectivity index (χ4n) is 1.38. The summed E-state index contributed by atoms with van der Waals surface area (Å²) in [5.41, 5.74) is 0.685. The number of rotatable bonds is 10. The van der Waals surface area contributed by atoms with E-state index in [0.29, 0.717) is 30.5 Å². The van der Waals surface area contributed by atoms with Crippen LogP contribution >= 0.6 is 11.8 Å². The summed E-state index contributed by atoms with van der Waals surface area (Å²) in [5.74, 6) is 2.03. The molecule has 5 nitrogen and oxygen atoms in total. The van der Waals surface area contributed by atoms with E-state index in [1.165, 1.54) is 0 Å². The van der Waals surface area contributed by atoms with Gasteiger partial charge >= 0.3 is 0 Å². The van der Waals surface area contributed by atoms with E-state index in [9.17, 15) is 4.79 Å². The minimum atomic E-state index is 0.000884. The molecule has 1 aromatic heterocycles. The Balaban J connectivity index is 2.27. The standard InChI is InChI=1S/C14H22N2O3S/c1-3-4-9-20-11-13(17)16-12-5-6-14(15-10-12)19-8-7-18-2/h5-6,10H,3-4,7-9,11H2,1-2H3,(H,16,17). The summed E-state index contributed by atoms with van der Waals surface area (Å²) < 4.78 is 10.2. The van der Waals surface area contributed by atoms with Gasteiger partial charge in [-0.2, -0.15) is 11.8 Å². The van der Waals surface area contributed by atoms with Gasteiger partial charge in [0.1, 0.15) is 6.61 Å². The van der Waals surface area contributed by atoms with Crippen molar-refractivity contribution in [1.29, 1.82) is 0 Å². The van der Waals surface area contributed by atoms with E-state index in [1.807, 2.05) is 0 Å². The van der Waals surface area contributed by atoms with Crippen molar-refractivity contribution >= 4 is 23.4 Å². The number of nitrogens with zero attached hydrogens (tertiary/aromatic N) is 1. The first-order valence-electron chi connectivity index (χ1n) is 6.71. The van der Waals surface area contributed by atoms with Crippen LogP contribution in [0.5, 0.6) is 5.88 Å². The van der Waals surface area contributed by atoms with Gasteiger partial charge in [0, 0.05) is 13.2 Å². The molecule has 112 valence electrons. The van der Waals surface area contributed by atoms with Crippen LogP contribution in [0.2, 0.25) is 0 Å². The average Bonchev–Trinajstić information content (AvgIpc) is 2.46. The lowest BCUT2D eigenvalue weighted by Crippen LogP contribution is -2.14. The number of unbranched alkanes of at least 4 members (excludes halogenated alkanes) is 1. The van der Waals surface area contributed by atoms with Gasteiger partial charge in [-0.1, -0.05) is 13.3 Å². The Kier molecular flexibility index (Phi) is 8.82. The summed E-state index contributed by atoms with van der Waals surface area (Å²) in [6, 6.07) is 3.51. The number of carbonyl (C=O) groups is 1. The summed E-state index contributed by atoms with van der Waals surface area (Å²) >= 11 is 1.65. The van der Waals surface area contributed by atoms with Crippen LogP contribution in [-0.2, 0) is 9.53 Å². The lowest BCUT2D eigenvalue weighted by molar-refractivity contribution is -0.113. The number of thioether (sulfide) groups is 1. The Labute approximate surface area is 124 Å². The summed E-state index contributed by atoms with van der Waals surface area (Å²) in [7, 11) is 1.62. The van der Waals surface area contributed by atoms with Crippen LogP contribution in [0.3, 0.4) is 0 Å². The minimum absolute atomic E-state index is 0.000884. The predicted molar refractivity (Wildman–Crippen MR) is 82.5 cm³/mol. The van der Waals surface area contributed by atoms with Gasteiger partial charge in [0.2, 0.25) is 11.8 Å². The van der Waals surface area contributed by atoms with Gasteiger partial charge in [-0.3, -0.25) is 4.79 Å². The number of hydrogen-bond acceptors (Lipinski definition) is 5. The summed E-state index contributed by atoms with van der Waals surface area (Å²) in [5, 5.41) is 2.81. The molecule has 6 heteroatoms. The summed E-state index contributed by atoms with van der Waals surface area (Å²) in [6.07, 6.45) is 3.90. The fourth-order valence-corrected chi connectivity index (χ4v) is 2.27. The number of hydrogen-bond donors (Lipinski definition) is 1. The highest BCUT2D eigenvalue weighted by atomic mass is 32.2. The van der Waals surface area contributed by atoms with Crippen LogP contribution < -0.4 is 10.1 Å². The van der Waals surface area contributed by atoms with E-state index >= 15 is 0 Å². The zero-order chi connectivity index (χ0) is 14.6. The molecule has 1 rings (SSSR count). The van der Waals surface area contributed by atoms with Crippen molar-refractivity contribution in [3.63, 3.8) is 0 Å². The Hall–Kier alpha value is -1.27. The molecule has 0 unspecified atom stereocenters. The molecule has 0 bridgehead atoms. The fraction of sp³-hybridized carbons (Fsp3) is 0.571. The Bertz CT molecular complexity index is 385. The van der Waals surface area contributed by atoms with Crippen molar-refractivity contribution in [3.8, 4) is 5.88 Å². The molecule has 0 aliphatic heterocycles. The van der Waals surface area contributed by atoms with Crippen LogP contribution in [0, 0.1) is 0 Å². The van der Waals surface area contributed by atoms with Gasteiger partial charge in [-0.15, -0.1) is 0 Å². The average molecular weight is 298 g/mol. The number of carbonyl (C=O) groups excluding carboxylic acids is 1. The summed E-state index contributed by atoms with van der Waals surface area (Å²) in [6.45, 7) is 3.13. The molecule has 0 saturated carbocycles. The quantitative estimate of drug-likeness (QED) is 0.673. The van der Waals surface area contributed by atoms with Crippen LogP contribution in [0.15, 0.2) is 18.3 Å². The van der Waals surface area contributed by atoms with E-state index < -0.39 is 0 Å². The van der Waals surface area contributed by atoms with E-state index in [4.69, 9.17) is 9.47 Å². The maximum atomic E-state index is 11.7. The third kappa shape index (κ3) is 7.35. The van der Waals surface area contributed by atoms with Gasteiger partial charge in [-0.25, -0.2) is 4.98 Å². The van der Waals surface area contributed by atoms with Crippen molar-refractivity contribution in [1.82, 2.24) is 4.98 Å². The van der Waals surface area contributed by atoms with E-state index in [0.717, 1.165) is 18.6 Å². The van der Waals surface area contributed by atoms with Crippen molar-refractivity contribution in [2.24, 2.45) is 0 Å². The zero-order valence-electron chi connectivity index (χ0n) is 12.1. The van der Waals surface area contributed by atoms with Crippen molar-refractivity contribution in [2.75, 3.05) is 37.1 Å². The molecule has 1 aromatic rings. The highest BCUT2D eigenvalue weighted by molar-refractivity contribution is 7.99. The van der Waals surface area contributed by atoms with Crippen molar-refractivity contribution in [2.45, 2.75) is 19.8 Å². The highest BCUT2D eigenvalue weighted by Crippen LogP contribution is 2.12. The van der Waals surface area contributed by atoms with Gasteiger partial charge < -0.3 is 14.8 Å². The monoisotopic (exact) mass is 298 g/mol. The molecule has 20 heavy (non-hydrogen) atoms. The molecule has 0 aromatic carbocycles. The lowest BCUT2D eigenvalue weighted by Gasteiger charge is -2.07. The van der Waals surface area contributed by atoms with Crippen LogP contribution in [0.4, 0.5) is 5.69 Å². The Morgan fingerprint density at radius 2 is 2.25 bits per heavy atom. The molecule has 0 radical (unpaired) electrons. The van der Waals surface area contributed by atoms with E-state index in [1.54, 1.807) is 37.2 Å². The Morgan fingerprint density at radius 1 is 1.40 bits per heavy atom. The molecule has 0 aliphatic carbocycles. The van der Waals surface area contributed by atoms with E-state index in [2.05, 4.69) is 17.2 Å². The number of ether oxygens (including phenoxy) is 2. The summed E-state index contributed by atoms with van der Waals surface area (Å²) in [4.78, 5) is 15.8. The lowest BCUT2D eigenvalue weighted by atomic mass is 10.4. The number of amides is 1. The maximum absolute atomic E-state index is 11.7. The molecular formula is C14H22N2O3S. The number of methoxy groups -OCH3 is 1. The zero-order valence-corrected chi connectivity index (χ0v) is 12.9. The first-order chi connectivity index (χ1) is 9.76. The van der Waals surface area contributed by atoms with Crippen LogP contribution in [-0.4, -0.2) is 42.7 Å². The topological polar surface area (TPSA) is 60.5 Å². The number of anilines is 1. The SMILES string of the molecule is CCCCSCC(=O)Nc1ccc(OCCOC)nc1. The van der Waals surface area contributed by atoms with Gasteiger partial charge in [-0.05, 0) is 18.2 Å². The smallest absolute Gasteiger partial charge is 0.234 e. The Morgan fingerprint density at radius 3 is 2.90 bits per heavy atom. The normalized spacial score (nSPS) is 10.3. The predicted octanol–water partition coefficient (Wildman–Crippen LogP) is 2.58. The second-order valence-corrected chi connectivity index (χ2v) is 5.29. The number of pyridine rings is 1. The molecule has 0 fully saturated rings. The molecule has 1 heterocycles. The number of aromatic nitrogens is 1. The molecule has 0 spiro atoms. The third-order valence-corrected chi connectivity index (χ3v) is 3.48. The van der Waals surface area contributed by atoms with Gasteiger partial charge in [0.05, 0.1) is 24.2 Å². The molecule has 0 saturated heterocycles. The molecular weight excluding hydrogens is 276 g/mol. The van der Waals surface area contributed by atoms with Crippen molar-refractivity contribution < 1.29 is 14.3 Å². The van der Waals surface area contributed by atoms with Gasteiger partial charge in [0.15, 0.2) is 0 Å². The molecule has 1 amide bonds. The molecule has 0 aliphatic rings. The number of nitrogens with one attached hydrogen (secondary N) is 1. The van der Waals surface area contributed by atoms with Crippen LogP contribution in [0.1, 0.15) is 19.8 Å². The maximum Gasteiger partial charge on any atom is 0.234 e. The second-order valence-electron chi connectivity index (χ2n) is 4.18. The van der Waals surface area contributed by atoms with Crippen LogP contribution in [0.25, 0.3) is 0 Å². The molecule has 1 N–H and O–H groups in total. The largest absolute Gasteiger partial charge is 0.475 e. The van der Waals surface area contributed by atoms with Crippen molar-refractivity contribution in [3.05, 3.63) is 18.3 Å². The third-order valence-electron chi connectivity index (χ3n) is 2.43. The first-order valence-corrected chi connectivity index (χ1v) is 7.87. The van der Waals surface area contributed by atoms with E-state index in [-0.39, 0.29) is 5.91 Å². The minimum Gasteiger partial charge on any atom is -0.475 e. The van der Waals surface area contributed by atoms with Gasteiger partial charge in [0.25, 0.3) is 0 Å².